The minimum atomic E-state index is -0.405. The predicted molar refractivity (Wildman–Crippen MR) is 107 cm³/mol. The first-order chi connectivity index (χ1) is 13.2. The van der Waals surface area contributed by atoms with Gasteiger partial charge in [-0.2, -0.15) is 11.3 Å². The first-order valence-electron chi connectivity index (χ1n) is 8.51. The van der Waals surface area contributed by atoms with Crippen molar-refractivity contribution >= 4 is 46.0 Å². The molecule has 3 aromatic rings. The topological polar surface area (TPSA) is 59.0 Å². The fraction of sp³-hybridized carbons (Fsp3) is 0.0952. The van der Waals surface area contributed by atoms with Crippen LogP contribution in [0.5, 0.6) is 0 Å². The van der Waals surface area contributed by atoms with Gasteiger partial charge in [-0.1, -0.05) is 24.3 Å². The highest BCUT2D eigenvalue weighted by Gasteiger charge is 2.34. The number of benzene rings is 2. The largest absolute Gasteiger partial charge is 0.462 e. The van der Waals surface area contributed by atoms with Crippen molar-refractivity contribution < 1.29 is 14.3 Å². The third-order valence-corrected chi connectivity index (χ3v) is 4.84. The van der Waals surface area contributed by atoms with Crippen LogP contribution in [-0.2, 0) is 9.53 Å². The number of amides is 1. The zero-order chi connectivity index (χ0) is 18.8. The van der Waals surface area contributed by atoms with E-state index in [1.54, 1.807) is 36.1 Å². The minimum absolute atomic E-state index is 0.184. The summed E-state index contributed by atoms with van der Waals surface area (Å²) >= 11 is 1.53. The number of rotatable bonds is 4. The first kappa shape index (κ1) is 17.2. The number of thiophene rings is 1. The van der Waals surface area contributed by atoms with E-state index in [9.17, 15) is 9.59 Å². The van der Waals surface area contributed by atoms with E-state index in [0.717, 1.165) is 16.9 Å². The van der Waals surface area contributed by atoms with Crippen LogP contribution in [0.1, 0.15) is 22.8 Å². The van der Waals surface area contributed by atoms with E-state index in [-0.39, 0.29) is 5.91 Å². The van der Waals surface area contributed by atoms with Crippen molar-refractivity contribution in [3.8, 4) is 0 Å². The standard InChI is InChI=1S/C21H16N2O3S/c1-2-26-21(25)14-6-5-7-15(12-14)22-19-17-8-3-4-9-18(17)23(20(19)24)16-10-11-27-13-16/h3-13H,2H2,1H3. The van der Waals surface area contributed by atoms with Crippen LogP contribution in [0.4, 0.5) is 17.1 Å². The van der Waals surface area contributed by atoms with Gasteiger partial charge in [-0.3, -0.25) is 9.69 Å². The molecule has 0 saturated carbocycles. The van der Waals surface area contributed by atoms with Crippen LogP contribution in [0, 0.1) is 0 Å². The highest BCUT2D eigenvalue weighted by Crippen LogP contribution is 2.37. The van der Waals surface area contributed by atoms with Crippen molar-refractivity contribution in [2.75, 3.05) is 11.5 Å². The molecule has 134 valence electrons. The molecule has 2 heterocycles. The normalized spacial score (nSPS) is 14.5. The summed E-state index contributed by atoms with van der Waals surface area (Å²) in [6.07, 6.45) is 0. The lowest BCUT2D eigenvalue weighted by molar-refractivity contribution is -0.111. The third-order valence-electron chi connectivity index (χ3n) is 4.17. The predicted octanol–water partition coefficient (Wildman–Crippen LogP) is 4.72. The van der Waals surface area contributed by atoms with Gasteiger partial charge < -0.3 is 4.74 Å². The molecule has 0 N–H and O–H groups in total. The summed E-state index contributed by atoms with van der Waals surface area (Å²) in [5.41, 5.74) is 3.70. The molecule has 27 heavy (non-hydrogen) atoms. The molecule has 0 atom stereocenters. The van der Waals surface area contributed by atoms with Gasteiger partial charge in [-0.05, 0) is 42.6 Å². The number of esters is 1. The van der Waals surface area contributed by atoms with Gasteiger partial charge >= 0.3 is 5.97 Å². The third kappa shape index (κ3) is 3.15. The van der Waals surface area contributed by atoms with Crippen LogP contribution in [0.2, 0.25) is 0 Å². The fourth-order valence-electron chi connectivity index (χ4n) is 2.99. The van der Waals surface area contributed by atoms with Gasteiger partial charge in [0.25, 0.3) is 5.91 Å². The number of nitrogens with zero attached hydrogens (tertiary/aromatic N) is 2. The molecule has 0 unspecified atom stereocenters. The Hall–Kier alpha value is -3.25. The number of ether oxygens (including phenoxy) is 1. The summed E-state index contributed by atoms with van der Waals surface area (Å²) in [6.45, 7) is 2.06. The summed E-state index contributed by atoms with van der Waals surface area (Å²) in [5, 5.41) is 3.86. The zero-order valence-electron chi connectivity index (χ0n) is 14.6. The van der Waals surface area contributed by atoms with Gasteiger partial charge in [0.1, 0.15) is 5.71 Å². The average Bonchev–Trinajstić information content (AvgIpc) is 3.29. The molecule has 0 aliphatic carbocycles. The molecule has 1 aliphatic heterocycles. The molecule has 0 saturated heterocycles. The molecule has 1 amide bonds. The van der Waals surface area contributed by atoms with Crippen molar-refractivity contribution in [3.05, 3.63) is 76.5 Å². The maximum atomic E-state index is 13.1. The molecular formula is C21H16N2O3S. The quantitative estimate of drug-likeness (QED) is 0.619. The van der Waals surface area contributed by atoms with Crippen molar-refractivity contribution in [1.82, 2.24) is 0 Å². The van der Waals surface area contributed by atoms with Crippen LogP contribution in [0.15, 0.2) is 70.3 Å². The van der Waals surface area contributed by atoms with Gasteiger partial charge in [0.15, 0.2) is 0 Å². The van der Waals surface area contributed by atoms with Gasteiger partial charge in [0.05, 0.1) is 29.2 Å². The second-order valence-corrected chi connectivity index (χ2v) is 6.65. The molecule has 6 heteroatoms. The number of anilines is 2. The van der Waals surface area contributed by atoms with Crippen molar-refractivity contribution in [2.24, 2.45) is 4.99 Å². The molecule has 5 nitrogen and oxygen atoms in total. The van der Waals surface area contributed by atoms with Crippen LogP contribution < -0.4 is 4.90 Å². The van der Waals surface area contributed by atoms with E-state index in [2.05, 4.69) is 4.99 Å². The summed E-state index contributed by atoms with van der Waals surface area (Å²) in [5.74, 6) is -0.589. The molecule has 0 bridgehead atoms. The van der Waals surface area contributed by atoms with Gasteiger partial charge in [0, 0.05) is 10.9 Å². The Morgan fingerprint density at radius 1 is 1.15 bits per heavy atom. The Kier molecular flexibility index (Phi) is 4.56. The number of carbonyl (C=O) groups is 2. The van der Waals surface area contributed by atoms with Crippen LogP contribution >= 0.6 is 11.3 Å². The second-order valence-electron chi connectivity index (χ2n) is 5.87. The molecule has 2 aromatic carbocycles. The van der Waals surface area contributed by atoms with E-state index in [0.29, 0.717) is 23.6 Å². The molecule has 0 radical (unpaired) electrons. The van der Waals surface area contributed by atoms with E-state index in [4.69, 9.17) is 4.74 Å². The van der Waals surface area contributed by atoms with Crippen LogP contribution in [0.3, 0.4) is 0 Å². The summed E-state index contributed by atoms with van der Waals surface area (Å²) in [6, 6.07) is 16.3. The lowest BCUT2D eigenvalue weighted by atomic mass is 10.1. The summed E-state index contributed by atoms with van der Waals surface area (Å²) in [7, 11) is 0. The molecular weight excluding hydrogens is 360 g/mol. The van der Waals surface area contributed by atoms with Crippen molar-refractivity contribution in [1.29, 1.82) is 0 Å². The van der Waals surface area contributed by atoms with Gasteiger partial charge in [0.2, 0.25) is 0 Å². The highest BCUT2D eigenvalue weighted by atomic mass is 32.1. The van der Waals surface area contributed by atoms with E-state index >= 15 is 0 Å². The maximum Gasteiger partial charge on any atom is 0.338 e. The molecule has 1 aromatic heterocycles. The number of hydrogen-bond acceptors (Lipinski definition) is 5. The summed E-state index contributed by atoms with van der Waals surface area (Å²) in [4.78, 5) is 31.3. The average molecular weight is 376 g/mol. The number of fused-ring (bicyclic) bond motifs is 1. The molecule has 1 aliphatic rings. The Morgan fingerprint density at radius 3 is 2.78 bits per heavy atom. The van der Waals surface area contributed by atoms with Crippen LogP contribution in [0.25, 0.3) is 0 Å². The van der Waals surface area contributed by atoms with Crippen LogP contribution in [-0.4, -0.2) is 24.2 Å². The van der Waals surface area contributed by atoms with E-state index in [1.165, 1.54) is 11.3 Å². The smallest absolute Gasteiger partial charge is 0.338 e. The number of aliphatic imine (C=N–C) groups is 1. The Labute approximate surface area is 160 Å². The maximum absolute atomic E-state index is 13.1. The molecule has 4 rings (SSSR count). The van der Waals surface area contributed by atoms with Gasteiger partial charge in [-0.25, -0.2) is 9.79 Å². The lowest BCUT2D eigenvalue weighted by Gasteiger charge is -2.14. The SMILES string of the molecule is CCOC(=O)c1cccc(N=C2C(=O)N(c3ccsc3)c3ccccc32)c1. The van der Waals surface area contributed by atoms with E-state index < -0.39 is 5.97 Å². The Morgan fingerprint density at radius 2 is 2.00 bits per heavy atom. The highest BCUT2D eigenvalue weighted by molar-refractivity contribution is 7.08. The molecule has 0 fully saturated rings. The van der Waals surface area contributed by atoms with E-state index in [1.807, 2.05) is 41.1 Å². The minimum Gasteiger partial charge on any atom is -0.462 e. The second kappa shape index (κ2) is 7.17. The van der Waals surface area contributed by atoms with Gasteiger partial charge in [-0.15, -0.1) is 0 Å². The number of hydrogen-bond donors (Lipinski definition) is 0. The number of carbonyl (C=O) groups excluding carboxylic acids is 2. The monoisotopic (exact) mass is 376 g/mol. The molecule has 0 spiro atoms. The lowest BCUT2D eigenvalue weighted by Crippen LogP contribution is -2.24. The summed E-state index contributed by atoms with van der Waals surface area (Å²) < 4.78 is 5.03. The van der Waals surface area contributed by atoms with Crippen molar-refractivity contribution in [3.63, 3.8) is 0 Å². The van der Waals surface area contributed by atoms with Crippen molar-refractivity contribution in [2.45, 2.75) is 6.92 Å². The zero-order valence-corrected chi connectivity index (χ0v) is 15.4. The Balaban J connectivity index is 1.77. The number of para-hydroxylation sites is 1. The Bertz CT molecular complexity index is 1040. The fourth-order valence-corrected chi connectivity index (χ4v) is 3.61. The first-order valence-corrected chi connectivity index (χ1v) is 9.45.